The van der Waals surface area contributed by atoms with Crippen LogP contribution in [0.15, 0.2) is 84.9 Å². The second-order valence-electron chi connectivity index (χ2n) is 7.69. The maximum atomic E-state index is 12.7. The number of aliphatic carboxylic acids is 2. The van der Waals surface area contributed by atoms with E-state index in [0.717, 1.165) is 11.1 Å². The number of nitrogens with one attached hydrogen (secondary N) is 2. The van der Waals surface area contributed by atoms with E-state index in [-0.39, 0.29) is 24.0 Å². The first-order valence-corrected chi connectivity index (χ1v) is 10.6. The van der Waals surface area contributed by atoms with Gasteiger partial charge in [0.05, 0.1) is 0 Å². The summed E-state index contributed by atoms with van der Waals surface area (Å²) in [5.41, 5.74) is 1.67. The molecule has 34 heavy (non-hydrogen) atoms. The molecule has 0 aliphatic heterocycles. The van der Waals surface area contributed by atoms with Crippen LogP contribution in [-0.4, -0.2) is 46.0 Å². The zero-order valence-electron chi connectivity index (χ0n) is 18.2. The molecule has 0 radical (unpaired) electrons. The molecule has 0 unspecified atom stereocenters. The lowest BCUT2D eigenvalue weighted by molar-refractivity contribution is -0.140. The summed E-state index contributed by atoms with van der Waals surface area (Å²) in [6.45, 7) is 0. The van der Waals surface area contributed by atoms with Crippen molar-refractivity contribution in [2.24, 2.45) is 0 Å². The molecule has 0 aliphatic rings. The molecule has 0 saturated carbocycles. The fraction of sp³-hybridized carbons (Fsp3) is 0.154. The van der Waals surface area contributed by atoms with Crippen LogP contribution in [0.5, 0.6) is 0 Å². The summed E-state index contributed by atoms with van der Waals surface area (Å²) in [7, 11) is 0. The Morgan fingerprint density at radius 2 is 0.971 bits per heavy atom. The van der Waals surface area contributed by atoms with Crippen LogP contribution in [0.1, 0.15) is 31.8 Å². The molecule has 3 aromatic rings. The summed E-state index contributed by atoms with van der Waals surface area (Å²) in [5, 5.41) is 24.0. The molecular formula is C26H24N2O6. The molecular weight excluding hydrogens is 436 g/mol. The number of carbonyl (C=O) groups is 4. The van der Waals surface area contributed by atoms with Gasteiger partial charge in [0.2, 0.25) is 0 Å². The molecule has 8 nitrogen and oxygen atoms in total. The van der Waals surface area contributed by atoms with E-state index in [1.807, 2.05) is 12.1 Å². The average molecular weight is 460 g/mol. The van der Waals surface area contributed by atoms with Crippen LogP contribution in [0, 0.1) is 0 Å². The molecule has 0 saturated heterocycles. The van der Waals surface area contributed by atoms with Crippen LogP contribution >= 0.6 is 0 Å². The van der Waals surface area contributed by atoms with Gasteiger partial charge < -0.3 is 20.8 Å². The van der Waals surface area contributed by atoms with E-state index in [0.29, 0.717) is 0 Å². The number of carboxylic acid groups (broad SMARTS) is 2. The second-order valence-corrected chi connectivity index (χ2v) is 7.69. The molecule has 4 N–H and O–H groups in total. The van der Waals surface area contributed by atoms with Crippen LogP contribution < -0.4 is 10.6 Å². The van der Waals surface area contributed by atoms with Crippen molar-refractivity contribution in [2.75, 3.05) is 0 Å². The van der Waals surface area contributed by atoms with E-state index < -0.39 is 35.8 Å². The molecule has 2 amide bonds. The number of hydrogen-bond donors (Lipinski definition) is 4. The van der Waals surface area contributed by atoms with Crippen LogP contribution in [0.2, 0.25) is 0 Å². The normalized spacial score (nSPS) is 12.2. The molecule has 3 rings (SSSR count). The van der Waals surface area contributed by atoms with Crippen LogP contribution in [0.3, 0.4) is 0 Å². The van der Waals surface area contributed by atoms with Gasteiger partial charge in [-0.25, -0.2) is 9.59 Å². The van der Waals surface area contributed by atoms with Crippen molar-refractivity contribution in [1.82, 2.24) is 10.6 Å². The highest BCUT2D eigenvalue weighted by molar-refractivity contribution is 6.01. The molecule has 0 aromatic heterocycles. The first-order valence-electron chi connectivity index (χ1n) is 10.6. The lowest BCUT2D eigenvalue weighted by Crippen LogP contribution is -2.43. The molecule has 3 aromatic carbocycles. The molecule has 0 bridgehead atoms. The van der Waals surface area contributed by atoms with Crippen molar-refractivity contribution in [1.29, 1.82) is 0 Å². The Kier molecular flexibility index (Phi) is 8.12. The molecule has 2 atom stereocenters. The Balaban J connectivity index is 1.69. The van der Waals surface area contributed by atoms with E-state index in [2.05, 4.69) is 10.6 Å². The van der Waals surface area contributed by atoms with Crippen LogP contribution in [0.25, 0.3) is 0 Å². The summed E-state index contributed by atoms with van der Waals surface area (Å²) < 4.78 is 0. The largest absolute Gasteiger partial charge is 0.480 e. The van der Waals surface area contributed by atoms with Gasteiger partial charge in [-0.3, -0.25) is 9.59 Å². The van der Waals surface area contributed by atoms with E-state index >= 15 is 0 Å². The Hall–Kier alpha value is -4.46. The number of rotatable bonds is 10. The maximum absolute atomic E-state index is 12.7. The van der Waals surface area contributed by atoms with E-state index in [9.17, 15) is 29.4 Å². The zero-order valence-corrected chi connectivity index (χ0v) is 18.2. The Bertz CT molecular complexity index is 1080. The van der Waals surface area contributed by atoms with E-state index in [1.165, 1.54) is 24.3 Å². The first kappa shape index (κ1) is 24.2. The lowest BCUT2D eigenvalue weighted by Gasteiger charge is -2.16. The summed E-state index contributed by atoms with van der Waals surface area (Å²) in [5.74, 6) is -3.68. The van der Waals surface area contributed by atoms with Gasteiger partial charge in [-0.1, -0.05) is 66.7 Å². The van der Waals surface area contributed by atoms with Crippen molar-refractivity contribution in [3.63, 3.8) is 0 Å². The molecule has 174 valence electrons. The van der Waals surface area contributed by atoms with Gasteiger partial charge in [0.25, 0.3) is 11.8 Å². The SMILES string of the molecule is O=C(N[C@@H](Cc1ccccc1)C(=O)O)c1cccc(C(=O)N[C@H](Cc2ccccc2)C(=O)O)c1. The molecule has 0 heterocycles. The van der Waals surface area contributed by atoms with Crippen molar-refractivity contribution in [3.05, 3.63) is 107 Å². The predicted molar refractivity (Wildman–Crippen MR) is 125 cm³/mol. The van der Waals surface area contributed by atoms with Crippen molar-refractivity contribution in [2.45, 2.75) is 24.9 Å². The van der Waals surface area contributed by atoms with Gasteiger partial charge in [-0.15, -0.1) is 0 Å². The molecule has 0 aliphatic carbocycles. The zero-order chi connectivity index (χ0) is 24.5. The Morgan fingerprint density at radius 3 is 1.32 bits per heavy atom. The average Bonchev–Trinajstić information content (AvgIpc) is 2.84. The topological polar surface area (TPSA) is 133 Å². The van der Waals surface area contributed by atoms with Crippen LogP contribution in [0.4, 0.5) is 0 Å². The summed E-state index contributed by atoms with van der Waals surface area (Å²) >= 11 is 0. The van der Waals surface area contributed by atoms with Gasteiger partial charge in [-0.2, -0.15) is 0 Å². The van der Waals surface area contributed by atoms with Crippen molar-refractivity contribution >= 4 is 23.8 Å². The Morgan fingerprint density at radius 1 is 0.588 bits per heavy atom. The highest BCUT2D eigenvalue weighted by Gasteiger charge is 2.23. The van der Waals surface area contributed by atoms with E-state index in [4.69, 9.17) is 0 Å². The van der Waals surface area contributed by atoms with Gasteiger partial charge in [-0.05, 0) is 29.3 Å². The molecule has 0 fully saturated rings. The van der Waals surface area contributed by atoms with Gasteiger partial charge >= 0.3 is 11.9 Å². The maximum Gasteiger partial charge on any atom is 0.326 e. The number of benzene rings is 3. The quantitative estimate of drug-likeness (QED) is 0.368. The fourth-order valence-electron chi connectivity index (χ4n) is 3.38. The number of hydrogen-bond acceptors (Lipinski definition) is 4. The highest BCUT2D eigenvalue weighted by Crippen LogP contribution is 2.10. The minimum Gasteiger partial charge on any atom is -0.480 e. The number of amides is 2. The number of carboxylic acids is 2. The van der Waals surface area contributed by atoms with E-state index in [1.54, 1.807) is 48.5 Å². The number of carbonyl (C=O) groups excluding carboxylic acids is 2. The summed E-state index contributed by atoms with van der Waals surface area (Å²) in [4.78, 5) is 48.7. The lowest BCUT2D eigenvalue weighted by atomic mass is 10.0. The van der Waals surface area contributed by atoms with Crippen molar-refractivity contribution in [3.8, 4) is 0 Å². The predicted octanol–water partition coefficient (Wildman–Crippen LogP) is 2.54. The minimum absolute atomic E-state index is 0.0851. The Labute approximate surface area is 196 Å². The molecule has 0 spiro atoms. The van der Waals surface area contributed by atoms with Gasteiger partial charge in [0, 0.05) is 24.0 Å². The monoisotopic (exact) mass is 460 g/mol. The third-order valence-corrected chi connectivity index (χ3v) is 5.16. The first-order chi connectivity index (χ1) is 16.3. The fourth-order valence-corrected chi connectivity index (χ4v) is 3.38. The van der Waals surface area contributed by atoms with Gasteiger partial charge in [0.1, 0.15) is 12.1 Å². The summed E-state index contributed by atoms with van der Waals surface area (Å²) in [6, 6.07) is 21.2. The van der Waals surface area contributed by atoms with Crippen LogP contribution in [-0.2, 0) is 22.4 Å². The highest BCUT2D eigenvalue weighted by atomic mass is 16.4. The summed E-state index contributed by atoms with van der Waals surface area (Å²) in [6.07, 6.45) is 0.198. The standard InChI is InChI=1S/C26H24N2O6/c29-23(27-21(25(31)32)14-17-8-3-1-4-9-17)19-12-7-13-20(16-19)24(30)28-22(26(33)34)15-18-10-5-2-6-11-18/h1-13,16,21-22H,14-15H2,(H,27,29)(H,28,30)(H,31,32)(H,33,34)/t21-,22+. The van der Waals surface area contributed by atoms with Gasteiger partial charge in [0.15, 0.2) is 0 Å². The minimum atomic E-state index is -1.18. The van der Waals surface area contributed by atoms with Crippen molar-refractivity contribution < 1.29 is 29.4 Å². The smallest absolute Gasteiger partial charge is 0.326 e. The second kappa shape index (κ2) is 11.4. The molecule has 8 heteroatoms. The third-order valence-electron chi connectivity index (χ3n) is 5.16. The third kappa shape index (κ3) is 6.77.